The van der Waals surface area contributed by atoms with Crippen molar-refractivity contribution in [3.63, 3.8) is 0 Å². The van der Waals surface area contributed by atoms with Crippen LogP contribution in [0.4, 0.5) is 0 Å². The molecule has 1 aliphatic heterocycles. The van der Waals surface area contributed by atoms with Crippen LogP contribution in [0.3, 0.4) is 0 Å². The molecule has 1 N–H and O–H groups in total. The summed E-state index contributed by atoms with van der Waals surface area (Å²) in [5.74, 6) is -0.286. The van der Waals surface area contributed by atoms with Gasteiger partial charge in [-0.25, -0.2) is 4.79 Å². The molecular formula is C29H28BrClO5. The molecule has 1 saturated heterocycles. The van der Waals surface area contributed by atoms with Crippen LogP contribution in [0.25, 0.3) is 0 Å². The lowest BCUT2D eigenvalue weighted by Gasteiger charge is -2.43. The van der Waals surface area contributed by atoms with E-state index < -0.39 is 18.7 Å². The fourth-order valence-corrected chi connectivity index (χ4v) is 5.41. The Morgan fingerprint density at radius 2 is 1.81 bits per heavy atom. The average molecular weight is 572 g/mol. The lowest BCUT2D eigenvalue weighted by Crippen LogP contribution is -2.32. The van der Waals surface area contributed by atoms with Crippen LogP contribution < -0.4 is 9.47 Å². The normalized spacial score (nSPS) is 21.6. The molecule has 3 aromatic rings. The summed E-state index contributed by atoms with van der Waals surface area (Å²) in [4.78, 5) is 11.3. The second kappa shape index (κ2) is 11.5. The summed E-state index contributed by atoms with van der Waals surface area (Å²) in [6.07, 6.45) is 0.0747. The lowest BCUT2D eigenvalue weighted by molar-refractivity contribution is -0.139. The van der Waals surface area contributed by atoms with Crippen LogP contribution in [-0.2, 0) is 9.53 Å². The second-order valence-corrected chi connectivity index (χ2v) is 10.3. The fourth-order valence-electron chi connectivity index (χ4n) is 4.83. The second-order valence-electron chi connectivity index (χ2n) is 8.94. The summed E-state index contributed by atoms with van der Waals surface area (Å²) in [6.45, 7) is 5.79. The van der Waals surface area contributed by atoms with Crippen LogP contribution in [0, 0.1) is 5.92 Å². The van der Waals surface area contributed by atoms with Gasteiger partial charge in [0.05, 0.1) is 19.3 Å². The highest BCUT2D eigenvalue weighted by atomic mass is 79.9. The lowest BCUT2D eigenvalue weighted by atomic mass is 9.74. The van der Waals surface area contributed by atoms with E-state index in [1.807, 2.05) is 55.5 Å². The van der Waals surface area contributed by atoms with Crippen molar-refractivity contribution in [2.45, 2.75) is 31.5 Å². The Hall–Kier alpha value is -2.80. The minimum Gasteiger partial charge on any atom is -0.493 e. The number of hydrogen-bond donors (Lipinski definition) is 1. The highest BCUT2D eigenvalue weighted by Gasteiger charge is 2.42. The Kier molecular flexibility index (Phi) is 8.39. The summed E-state index contributed by atoms with van der Waals surface area (Å²) in [7, 11) is 1.53. The highest BCUT2D eigenvalue weighted by Crippen LogP contribution is 2.54. The van der Waals surface area contributed by atoms with Gasteiger partial charge in [0.1, 0.15) is 0 Å². The molecule has 1 aliphatic rings. The monoisotopic (exact) mass is 570 g/mol. The molecule has 0 amide bonds. The number of aliphatic carboxylic acids is 1. The van der Waals surface area contributed by atoms with Crippen molar-refractivity contribution < 1.29 is 24.1 Å². The summed E-state index contributed by atoms with van der Waals surface area (Å²) in [6, 6.07) is 21.7. The van der Waals surface area contributed by atoms with Crippen molar-refractivity contribution in [1.29, 1.82) is 0 Å². The first-order chi connectivity index (χ1) is 17.3. The van der Waals surface area contributed by atoms with E-state index in [-0.39, 0.29) is 17.9 Å². The Balaban J connectivity index is 1.84. The maximum atomic E-state index is 11.3. The van der Waals surface area contributed by atoms with E-state index in [0.29, 0.717) is 22.1 Å². The molecule has 0 aliphatic carbocycles. The Morgan fingerprint density at radius 1 is 1.11 bits per heavy atom. The minimum absolute atomic E-state index is 0.0556. The molecule has 0 saturated carbocycles. The molecule has 0 unspecified atom stereocenters. The van der Waals surface area contributed by atoms with E-state index in [9.17, 15) is 9.90 Å². The number of halogens is 2. The van der Waals surface area contributed by atoms with Crippen molar-refractivity contribution in [3.8, 4) is 11.5 Å². The number of ether oxygens (including phenoxy) is 3. The Morgan fingerprint density at radius 3 is 2.42 bits per heavy atom. The predicted octanol–water partition coefficient (Wildman–Crippen LogP) is 7.75. The Bertz CT molecular complexity index is 1230. The number of carboxylic acids is 1. The molecule has 188 valence electrons. The van der Waals surface area contributed by atoms with Crippen LogP contribution in [0.15, 0.2) is 83.4 Å². The molecule has 4 atom stereocenters. The molecule has 0 aromatic heterocycles. The van der Waals surface area contributed by atoms with Gasteiger partial charge in [0.15, 0.2) is 18.1 Å². The summed E-state index contributed by atoms with van der Waals surface area (Å²) >= 11 is 9.75. The van der Waals surface area contributed by atoms with Gasteiger partial charge in [-0.15, -0.1) is 0 Å². The van der Waals surface area contributed by atoms with Gasteiger partial charge in [0, 0.05) is 26.9 Å². The molecule has 3 aromatic carbocycles. The number of rotatable bonds is 8. The molecule has 0 radical (unpaired) electrons. The van der Waals surface area contributed by atoms with Crippen LogP contribution in [0.2, 0.25) is 5.02 Å². The SMILES string of the molecule is C=C(C)[C@H]1C[C@H](c2ccc(Cl)cc2)[C@H](c2ccccc2)O[C@@H]1c1cc(Br)cc(OC)c1OCC(=O)O. The van der Waals surface area contributed by atoms with Gasteiger partial charge in [-0.05, 0) is 48.7 Å². The number of hydrogen-bond acceptors (Lipinski definition) is 4. The number of methoxy groups -OCH3 is 1. The van der Waals surface area contributed by atoms with Crippen LogP contribution in [0.1, 0.15) is 48.2 Å². The van der Waals surface area contributed by atoms with Crippen molar-refractivity contribution in [2.24, 2.45) is 5.92 Å². The smallest absolute Gasteiger partial charge is 0.341 e. The first-order valence-corrected chi connectivity index (χ1v) is 12.8. The van der Waals surface area contributed by atoms with E-state index in [1.165, 1.54) is 7.11 Å². The van der Waals surface area contributed by atoms with Crippen molar-refractivity contribution in [3.05, 3.63) is 105 Å². The molecule has 0 spiro atoms. The molecule has 4 rings (SSSR count). The van der Waals surface area contributed by atoms with Crippen molar-refractivity contribution >= 4 is 33.5 Å². The first-order valence-electron chi connectivity index (χ1n) is 11.6. The quantitative estimate of drug-likeness (QED) is 0.280. The van der Waals surface area contributed by atoms with Gasteiger partial charge in [-0.1, -0.05) is 82.1 Å². The third-order valence-electron chi connectivity index (χ3n) is 6.51. The van der Waals surface area contributed by atoms with Gasteiger partial charge in [-0.2, -0.15) is 0 Å². The van der Waals surface area contributed by atoms with E-state index in [2.05, 4.69) is 34.6 Å². The predicted molar refractivity (Wildman–Crippen MR) is 144 cm³/mol. The van der Waals surface area contributed by atoms with Gasteiger partial charge in [0.2, 0.25) is 0 Å². The molecule has 0 bridgehead atoms. The van der Waals surface area contributed by atoms with E-state index in [0.717, 1.165) is 27.6 Å². The van der Waals surface area contributed by atoms with E-state index in [1.54, 1.807) is 6.07 Å². The van der Waals surface area contributed by atoms with Gasteiger partial charge < -0.3 is 19.3 Å². The third-order valence-corrected chi connectivity index (χ3v) is 7.22. The summed E-state index contributed by atoms with van der Waals surface area (Å²) in [5.41, 5.74) is 3.87. The standard InChI is InChI=1S/C29H28BrClO5/c1-17(2)22-15-23(18-9-11-21(31)12-10-18)27(19-7-5-4-6-8-19)36-28(22)24-13-20(30)14-25(34-3)29(24)35-16-26(32)33/h4-14,22-23,27-28H,1,15-16H2,2-3H3,(H,32,33)/t22-,23-,27+,28+/m1/s1. The Labute approximate surface area is 224 Å². The van der Waals surface area contributed by atoms with Crippen molar-refractivity contribution in [1.82, 2.24) is 0 Å². The van der Waals surface area contributed by atoms with Crippen LogP contribution in [-0.4, -0.2) is 24.8 Å². The number of carbonyl (C=O) groups is 1. The maximum Gasteiger partial charge on any atom is 0.341 e. The summed E-state index contributed by atoms with van der Waals surface area (Å²) in [5, 5.41) is 9.96. The topological polar surface area (TPSA) is 65.0 Å². The van der Waals surface area contributed by atoms with Gasteiger partial charge in [-0.3, -0.25) is 0 Å². The maximum absolute atomic E-state index is 11.3. The van der Waals surface area contributed by atoms with Gasteiger partial charge >= 0.3 is 5.97 Å². The van der Waals surface area contributed by atoms with E-state index in [4.69, 9.17) is 25.8 Å². The highest BCUT2D eigenvalue weighted by molar-refractivity contribution is 9.10. The van der Waals surface area contributed by atoms with Crippen LogP contribution >= 0.6 is 27.5 Å². The third kappa shape index (κ3) is 5.77. The molecule has 1 heterocycles. The molecule has 1 fully saturated rings. The molecule has 36 heavy (non-hydrogen) atoms. The summed E-state index contributed by atoms with van der Waals surface area (Å²) < 4.78 is 19.0. The zero-order chi connectivity index (χ0) is 25.8. The number of carboxylic acid groups (broad SMARTS) is 1. The molecule has 5 nitrogen and oxygen atoms in total. The zero-order valence-corrected chi connectivity index (χ0v) is 22.5. The zero-order valence-electron chi connectivity index (χ0n) is 20.1. The van der Waals surface area contributed by atoms with E-state index >= 15 is 0 Å². The molecule has 7 heteroatoms. The first kappa shape index (κ1) is 26.3. The number of benzene rings is 3. The van der Waals surface area contributed by atoms with Crippen molar-refractivity contribution in [2.75, 3.05) is 13.7 Å². The van der Waals surface area contributed by atoms with Crippen LogP contribution in [0.5, 0.6) is 11.5 Å². The molecular weight excluding hydrogens is 544 g/mol. The minimum atomic E-state index is -1.07. The van der Waals surface area contributed by atoms with Gasteiger partial charge in [0.25, 0.3) is 0 Å². The fraction of sp³-hybridized carbons (Fsp3) is 0.276. The largest absolute Gasteiger partial charge is 0.493 e. The average Bonchev–Trinajstić information content (AvgIpc) is 2.87.